The Morgan fingerprint density at radius 3 is 2.50 bits per heavy atom. The van der Waals surface area contributed by atoms with Crippen LogP contribution < -0.4 is 0 Å². The first-order valence-corrected chi connectivity index (χ1v) is 6.47. The molecular formula is C12H15FO2S. The van der Waals surface area contributed by atoms with Crippen LogP contribution in [-0.2, 0) is 15.5 Å². The van der Waals surface area contributed by atoms with Gasteiger partial charge in [0, 0.05) is 4.90 Å². The number of halogens is 1. The highest BCUT2D eigenvalue weighted by Gasteiger charge is 2.52. The van der Waals surface area contributed by atoms with Gasteiger partial charge in [0.05, 0.1) is 22.7 Å². The van der Waals surface area contributed by atoms with E-state index in [1.807, 2.05) is 31.2 Å². The molecule has 0 amide bonds. The predicted octanol–water partition coefficient (Wildman–Crippen LogP) is 2.23. The van der Waals surface area contributed by atoms with Crippen molar-refractivity contribution in [3.05, 3.63) is 29.8 Å². The third-order valence-electron chi connectivity index (χ3n) is 3.06. The Kier molecular flexibility index (Phi) is 3.13. The fourth-order valence-electron chi connectivity index (χ4n) is 1.58. The quantitative estimate of drug-likeness (QED) is 0.758. The van der Waals surface area contributed by atoms with Crippen LogP contribution in [0.5, 0.6) is 0 Å². The monoisotopic (exact) mass is 242 g/mol. The number of benzene rings is 1. The molecule has 3 atom stereocenters. The first-order chi connectivity index (χ1) is 7.59. The van der Waals surface area contributed by atoms with E-state index in [1.165, 1.54) is 0 Å². The van der Waals surface area contributed by atoms with Crippen molar-refractivity contribution in [2.75, 3.05) is 13.3 Å². The van der Waals surface area contributed by atoms with E-state index in [2.05, 4.69) is 0 Å². The molecule has 16 heavy (non-hydrogen) atoms. The number of alkyl halides is 1. The minimum atomic E-state index is -1.21. The van der Waals surface area contributed by atoms with Gasteiger partial charge in [0.15, 0.2) is 0 Å². The number of epoxide rings is 1. The van der Waals surface area contributed by atoms with E-state index in [0.717, 1.165) is 10.5 Å². The van der Waals surface area contributed by atoms with Gasteiger partial charge >= 0.3 is 0 Å². The molecule has 0 saturated carbocycles. The Bertz CT molecular complexity index is 398. The van der Waals surface area contributed by atoms with E-state index in [9.17, 15) is 8.60 Å². The minimum Gasteiger partial charge on any atom is -0.365 e. The smallest absolute Gasteiger partial charge is 0.134 e. The highest BCUT2D eigenvalue weighted by atomic mass is 32.2. The van der Waals surface area contributed by atoms with Crippen LogP contribution in [0.25, 0.3) is 0 Å². The number of aryl methyl sites for hydroxylation is 1. The summed E-state index contributed by atoms with van der Waals surface area (Å²) in [5.41, 5.74) is 0.326. The van der Waals surface area contributed by atoms with Gasteiger partial charge in [-0.05, 0) is 26.0 Å². The van der Waals surface area contributed by atoms with Gasteiger partial charge in [0.2, 0.25) is 0 Å². The second-order valence-electron chi connectivity index (χ2n) is 4.24. The molecule has 1 fully saturated rings. The maximum Gasteiger partial charge on any atom is 0.134 e. The molecular weight excluding hydrogens is 227 g/mol. The normalized spacial score (nSPS) is 27.4. The van der Waals surface area contributed by atoms with Crippen LogP contribution in [0.2, 0.25) is 0 Å². The van der Waals surface area contributed by atoms with Crippen LogP contribution in [0.15, 0.2) is 29.2 Å². The van der Waals surface area contributed by atoms with E-state index in [4.69, 9.17) is 4.74 Å². The van der Waals surface area contributed by atoms with Crippen LogP contribution >= 0.6 is 0 Å². The van der Waals surface area contributed by atoms with Crippen LogP contribution in [0.1, 0.15) is 12.5 Å². The lowest BCUT2D eigenvalue weighted by atomic mass is 10.1. The zero-order valence-corrected chi connectivity index (χ0v) is 10.2. The van der Waals surface area contributed by atoms with Crippen LogP contribution in [0.4, 0.5) is 4.39 Å². The maximum atomic E-state index is 12.8. The maximum absolute atomic E-state index is 12.8. The van der Waals surface area contributed by atoms with Crippen molar-refractivity contribution in [2.45, 2.75) is 29.6 Å². The molecule has 0 bridgehead atoms. The summed E-state index contributed by atoms with van der Waals surface area (Å²) in [5, 5.41) is -0.305. The van der Waals surface area contributed by atoms with E-state index in [0.29, 0.717) is 6.61 Å². The van der Waals surface area contributed by atoms with Crippen molar-refractivity contribution in [1.82, 2.24) is 0 Å². The first kappa shape index (κ1) is 11.7. The summed E-state index contributed by atoms with van der Waals surface area (Å²) >= 11 is 0. The highest BCUT2D eigenvalue weighted by Crippen LogP contribution is 2.35. The summed E-state index contributed by atoms with van der Waals surface area (Å²) in [6, 6.07) is 7.48. The molecule has 88 valence electrons. The minimum absolute atomic E-state index is 0.305. The average Bonchev–Trinajstić information content (AvgIpc) is 3.09. The third kappa shape index (κ3) is 2.04. The molecule has 0 aliphatic carbocycles. The zero-order chi connectivity index (χ0) is 11.8. The molecule has 1 aliphatic heterocycles. The number of ether oxygens (including phenoxy) is 1. The second kappa shape index (κ2) is 4.26. The largest absolute Gasteiger partial charge is 0.365 e. The molecule has 0 spiro atoms. The van der Waals surface area contributed by atoms with Crippen molar-refractivity contribution in [2.24, 2.45) is 0 Å². The summed E-state index contributed by atoms with van der Waals surface area (Å²) < 4.78 is 30.0. The third-order valence-corrected chi connectivity index (χ3v) is 4.87. The lowest BCUT2D eigenvalue weighted by Gasteiger charge is -2.16. The summed E-state index contributed by atoms with van der Waals surface area (Å²) in [5.74, 6) is 0. The summed E-state index contributed by atoms with van der Waals surface area (Å²) in [4.78, 5) is 0.737. The molecule has 0 radical (unpaired) electrons. The standard InChI is InChI=1S/C12H15FO2S/c1-9-3-5-11(6-4-9)16(14)10(2)12(7-13)8-15-12/h3-6,10H,7-8H2,1-2H3/t10-,12+,16+/m0/s1. The Labute approximate surface area is 97.3 Å². The van der Waals surface area contributed by atoms with Crippen molar-refractivity contribution in [3.63, 3.8) is 0 Å². The molecule has 4 heteroatoms. The van der Waals surface area contributed by atoms with Gasteiger partial charge in [-0.15, -0.1) is 0 Å². The van der Waals surface area contributed by atoms with Gasteiger partial charge < -0.3 is 4.74 Å². The summed E-state index contributed by atoms with van der Waals surface area (Å²) in [7, 11) is -1.21. The van der Waals surface area contributed by atoms with Gasteiger partial charge in [-0.3, -0.25) is 4.21 Å². The van der Waals surface area contributed by atoms with Gasteiger partial charge in [0.1, 0.15) is 12.3 Å². The molecule has 0 N–H and O–H groups in total. The molecule has 1 heterocycles. The van der Waals surface area contributed by atoms with Gasteiger partial charge in [-0.2, -0.15) is 0 Å². The van der Waals surface area contributed by atoms with E-state index in [1.54, 1.807) is 6.92 Å². The van der Waals surface area contributed by atoms with Gasteiger partial charge in [-0.1, -0.05) is 17.7 Å². The molecule has 1 saturated heterocycles. The average molecular weight is 242 g/mol. The van der Waals surface area contributed by atoms with Gasteiger partial charge in [-0.25, -0.2) is 4.39 Å². The van der Waals surface area contributed by atoms with Crippen LogP contribution in [0, 0.1) is 6.92 Å². The van der Waals surface area contributed by atoms with Gasteiger partial charge in [0.25, 0.3) is 0 Å². The molecule has 1 aromatic rings. The van der Waals surface area contributed by atoms with Crippen molar-refractivity contribution in [1.29, 1.82) is 0 Å². The fraction of sp³-hybridized carbons (Fsp3) is 0.500. The SMILES string of the molecule is Cc1ccc([S@](=O)[C@@H](C)[C@@]2(CF)CO2)cc1. The van der Waals surface area contributed by atoms with Crippen LogP contribution in [-0.4, -0.2) is 28.3 Å². The zero-order valence-electron chi connectivity index (χ0n) is 9.40. The molecule has 2 rings (SSSR count). The lowest BCUT2D eigenvalue weighted by molar-refractivity contribution is 0.244. The van der Waals surface area contributed by atoms with E-state index in [-0.39, 0.29) is 5.25 Å². The van der Waals surface area contributed by atoms with E-state index < -0.39 is 23.1 Å². The lowest BCUT2D eigenvalue weighted by Crippen LogP contribution is -2.33. The Morgan fingerprint density at radius 1 is 1.50 bits per heavy atom. The summed E-state index contributed by atoms with van der Waals surface area (Å²) in [6.07, 6.45) is 0. The Hall–Kier alpha value is -0.740. The molecule has 0 aromatic heterocycles. The molecule has 1 aromatic carbocycles. The van der Waals surface area contributed by atoms with Crippen molar-refractivity contribution >= 4 is 10.8 Å². The van der Waals surface area contributed by atoms with Crippen molar-refractivity contribution in [3.8, 4) is 0 Å². The van der Waals surface area contributed by atoms with Crippen molar-refractivity contribution < 1.29 is 13.3 Å². The predicted molar refractivity (Wildman–Crippen MR) is 61.7 cm³/mol. The van der Waals surface area contributed by atoms with Crippen LogP contribution in [0.3, 0.4) is 0 Å². The summed E-state index contributed by atoms with van der Waals surface area (Å²) in [6.45, 7) is 3.57. The second-order valence-corrected chi connectivity index (χ2v) is 6.01. The molecule has 1 aliphatic rings. The number of hydrogen-bond acceptors (Lipinski definition) is 2. The van der Waals surface area contributed by atoms with E-state index >= 15 is 0 Å². The highest BCUT2D eigenvalue weighted by molar-refractivity contribution is 7.85. The Morgan fingerprint density at radius 2 is 2.06 bits per heavy atom. The number of rotatable bonds is 4. The number of hydrogen-bond donors (Lipinski definition) is 0. The molecule has 2 nitrogen and oxygen atoms in total. The Balaban J connectivity index is 2.16. The molecule has 0 unspecified atom stereocenters. The first-order valence-electron chi connectivity index (χ1n) is 5.26. The fourth-order valence-corrected chi connectivity index (χ4v) is 2.99. The topological polar surface area (TPSA) is 29.6 Å².